The molecule has 0 bridgehead atoms. The Morgan fingerprint density at radius 1 is 0.276 bits per heavy atom. The highest BCUT2D eigenvalue weighted by Gasteiger charge is 2.30. The Morgan fingerprint density at radius 2 is 0.486 bits per heavy atom. The third-order valence-corrected chi connectivity index (χ3v) is 22.4. The van der Waals surface area contributed by atoms with Gasteiger partial charge in [0.1, 0.15) is 19.3 Å². The summed E-state index contributed by atoms with van der Waals surface area (Å²) in [6.07, 6.45) is 66.6. The molecular weight excluding hydrogens is 1370 g/mol. The molecule has 0 radical (unpaired) electrons. The maximum absolute atomic E-state index is 13.1. The maximum atomic E-state index is 13.1. The average molecular weight is 1540 g/mol. The lowest BCUT2D eigenvalue weighted by molar-refractivity contribution is -0.161. The number of esters is 4. The molecule has 0 aromatic heterocycles. The van der Waals surface area contributed by atoms with E-state index < -0.39 is 97.5 Å². The van der Waals surface area contributed by atoms with Crippen molar-refractivity contribution in [1.29, 1.82) is 0 Å². The number of aliphatic hydroxyl groups is 1. The lowest BCUT2D eigenvalue weighted by atomic mass is 9.99. The van der Waals surface area contributed by atoms with Crippen LogP contribution in [0.3, 0.4) is 0 Å². The highest BCUT2D eigenvalue weighted by molar-refractivity contribution is 7.47. The topological polar surface area (TPSA) is 237 Å². The van der Waals surface area contributed by atoms with E-state index in [-0.39, 0.29) is 25.7 Å². The number of phosphoric ester groups is 2. The molecule has 624 valence electrons. The van der Waals surface area contributed by atoms with Crippen LogP contribution >= 0.6 is 15.6 Å². The summed E-state index contributed by atoms with van der Waals surface area (Å²) in [6.45, 7) is 12.0. The van der Waals surface area contributed by atoms with Crippen LogP contribution in [0.25, 0.3) is 0 Å². The Hall–Kier alpha value is -1.94. The van der Waals surface area contributed by atoms with Gasteiger partial charge in [-0.2, -0.15) is 0 Å². The van der Waals surface area contributed by atoms with E-state index in [0.717, 1.165) is 108 Å². The Morgan fingerprint density at radius 3 is 0.724 bits per heavy atom. The maximum Gasteiger partial charge on any atom is 0.472 e. The second-order valence-electron chi connectivity index (χ2n) is 32.1. The fraction of sp³-hybridized carbons (Fsp3) is 0.953. The van der Waals surface area contributed by atoms with Crippen LogP contribution in [0.1, 0.15) is 453 Å². The zero-order valence-corrected chi connectivity index (χ0v) is 71.0. The Balaban J connectivity index is 5.25. The molecule has 0 heterocycles. The van der Waals surface area contributed by atoms with Crippen molar-refractivity contribution in [3.05, 3.63) is 0 Å². The van der Waals surface area contributed by atoms with E-state index in [9.17, 15) is 43.2 Å². The van der Waals surface area contributed by atoms with Crippen molar-refractivity contribution in [3.8, 4) is 0 Å². The minimum absolute atomic E-state index is 0.107. The number of ether oxygens (including phenoxy) is 4. The van der Waals surface area contributed by atoms with Crippen LogP contribution in [-0.2, 0) is 65.4 Å². The number of carbonyl (C=O) groups excluding carboxylic acids is 4. The molecule has 105 heavy (non-hydrogen) atoms. The van der Waals surface area contributed by atoms with E-state index in [0.29, 0.717) is 25.7 Å². The molecule has 0 spiro atoms. The first kappa shape index (κ1) is 103. The normalized spacial score (nSPS) is 14.1. The number of hydrogen-bond acceptors (Lipinski definition) is 15. The van der Waals surface area contributed by atoms with E-state index in [2.05, 4.69) is 48.5 Å². The van der Waals surface area contributed by atoms with Crippen molar-refractivity contribution in [3.63, 3.8) is 0 Å². The Labute approximate surface area is 645 Å². The minimum Gasteiger partial charge on any atom is -0.462 e. The van der Waals surface area contributed by atoms with Gasteiger partial charge in [-0.1, -0.05) is 402 Å². The van der Waals surface area contributed by atoms with E-state index in [1.54, 1.807) is 0 Å². The monoisotopic (exact) mass is 1540 g/mol. The van der Waals surface area contributed by atoms with Crippen LogP contribution in [0.4, 0.5) is 0 Å². The lowest BCUT2D eigenvalue weighted by Gasteiger charge is -2.21. The number of hydrogen-bond donors (Lipinski definition) is 3. The zero-order chi connectivity index (χ0) is 77.2. The predicted octanol–water partition coefficient (Wildman–Crippen LogP) is 26.1. The Kier molecular flexibility index (Phi) is 74.7. The van der Waals surface area contributed by atoms with E-state index in [1.807, 2.05) is 0 Å². The van der Waals surface area contributed by atoms with E-state index in [1.165, 1.54) is 263 Å². The molecule has 6 atom stereocenters. The molecule has 0 rings (SSSR count). The van der Waals surface area contributed by atoms with Gasteiger partial charge < -0.3 is 33.8 Å². The second-order valence-corrected chi connectivity index (χ2v) is 35.0. The van der Waals surface area contributed by atoms with Gasteiger partial charge >= 0.3 is 39.5 Å². The van der Waals surface area contributed by atoms with Gasteiger partial charge in [0.05, 0.1) is 26.4 Å². The summed E-state index contributed by atoms with van der Waals surface area (Å²) >= 11 is 0. The third kappa shape index (κ3) is 78.5. The fourth-order valence-electron chi connectivity index (χ4n) is 13.3. The van der Waals surface area contributed by atoms with Gasteiger partial charge in [0.2, 0.25) is 0 Å². The molecule has 0 aliphatic rings. The quantitative estimate of drug-likeness (QED) is 0.0222. The zero-order valence-electron chi connectivity index (χ0n) is 69.2. The van der Waals surface area contributed by atoms with Gasteiger partial charge in [0.15, 0.2) is 12.2 Å². The molecule has 0 saturated carbocycles. The Bertz CT molecular complexity index is 2030. The summed E-state index contributed by atoms with van der Waals surface area (Å²) in [5.74, 6) is 0.267. The fourth-order valence-corrected chi connectivity index (χ4v) is 14.9. The van der Waals surface area contributed by atoms with Crippen molar-refractivity contribution in [1.82, 2.24) is 0 Å². The van der Waals surface area contributed by atoms with E-state index >= 15 is 0 Å². The predicted molar refractivity (Wildman–Crippen MR) is 432 cm³/mol. The van der Waals surface area contributed by atoms with Crippen molar-refractivity contribution < 1.29 is 80.2 Å². The summed E-state index contributed by atoms with van der Waals surface area (Å²) in [7, 11) is -9.93. The number of phosphoric acid groups is 2. The molecule has 0 fully saturated rings. The summed E-state index contributed by atoms with van der Waals surface area (Å²) in [6, 6.07) is 0. The van der Waals surface area contributed by atoms with Crippen molar-refractivity contribution in [2.75, 3.05) is 39.6 Å². The molecule has 19 heteroatoms. The van der Waals surface area contributed by atoms with Crippen LogP contribution in [0.5, 0.6) is 0 Å². The third-order valence-electron chi connectivity index (χ3n) is 20.5. The standard InChI is InChI=1S/C86H168O17P2/c1-8-10-11-12-13-14-15-16-17-18-19-20-21-29-34-39-48-55-62-69-85(90)102-81(73-96-83(88)67-60-53-46-38-33-28-25-23-27-32-37-45-52-59-66-79(7)9-2)75-100-104(92,93)98-71-80(87)72-99-105(94,95)101-76-82(74-97-84(89)68-61-54-47-42-41-44-51-58-65-78(5)6)103-86(91)70-63-56-49-40-35-30-24-22-26-31-36-43-50-57-64-77(3)4/h77-82,87H,8-76H2,1-7H3,(H,92,93)(H,94,95)/t79?,80-,81-,82-/m1/s1. The van der Waals surface area contributed by atoms with Gasteiger partial charge in [-0.15, -0.1) is 0 Å². The highest BCUT2D eigenvalue weighted by atomic mass is 31.2. The van der Waals surface area contributed by atoms with Gasteiger partial charge in [0.25, 0.3) is 0 Å². The summed E-state index contributed by atoms with van der Waals surface area (Å²) in [5, 5.41) is 10.7. The van der Waals surface area contributed by atoms with Gasteiger partial charge in [-0.3, -0.25) is 37.3 Å². The molecule has 17 nitrogen and oxygen atoms in total. The van der Waals surface area contributed by atoms with Crippen LogP contribution in [0.2, 0.25) is 0 Å². The highest BCUT2D eigenvalue weighted by Crippen LogP contribution is 2.45. The molecule has 0 aliphatic heterocycles. The van der Waals surface area contributed by atoms with Crippen molar-refractivity contribution in [2.24, 2.45) is 17.8 Å². The summed E-state index contributed by atoms with van der Waals surface area (Å²) in [4.78, 5) is 73.2. The minimum atomic E-state index is -4.97. The molecular formula is C86H168O17P2. The van der Waals surface area contributed by atoms with Crippen LogP contribution < -0.4 is 0 Å². The number of carbonyl (C=O) groups is 4. The second kappa shape index (κ2) is 76.1. The molecule has 3 N–H and O–H groups in total. The SMILES string of the molecule is CCCCCCCCCCCCCCCCCCCCCC(=O)O[C@H](COC(=O)CCCCCCCCCCCCCCCCC(C)CC)COP(=O)(O)OC[C@@H](O)COP(=O)(O)OC[C@@H](COC(=O)CCCCCCCCCCC(C)C)OC(=O)CCCCCCCCCCCCCCCCC(C)C. The van der Waals surface area contributed by atoms with Gasteiger partial charge in [0, 0.05) is 25.7 Å². The summed E-state index contributed by atoms with van der Waals surface area (Å²) < 4.78 is 68.9. The number of aliphatic hydroxyl groups excluding tert-OH is 1. The molecule has 0 amide bonds. The molecule has 0 saturated heterocycles. The first-order valence-corrected chi connectivity index (χ1v) is 47.4. The molecule has 0 aromatic carbocycles. The first-order chi connectivity index (χ1) is 50.8. The average Bonchev–Trinajstić information content (AvgIpc) is 0.937. The van der Waals surface area contributed by atoms with E-state index in [4.69, 9.17) is 37.0 Å². The van der Waals surface area contributed by atoms with Crippen molar-refractivity contribution >= 4 is 39.5 Å². The largest absolute Gasteiger partial charge is 0.472 e. The molecule has 0 aromatic rings. The van der Waals surface area contributed by atoms with Crippen LogP contribution in [-0.4, -0.2) is 96.7 Å². The smallest absolute Gasteiger partial charge is 0.462 e. The number of unbranched alkanes of at least 4 members (excludes halogenated alkanes) is 51. The van der Waals surface area contributed by atoms with Crippen LogP contribution in [0, 0.1) is 17.8 Å². The molecule has 0 aliphatic carbocycles. The van der Waals surface area contributed by atoms with Gasteiger partial charge in [-0.05, 0) is 43.4 Å². The van der Waals surface area contributed by atoms with Crippen LogP contribution in [0.15, 0.2) is 0 Å². The lowest BCUT2D eigenvalue weighted by Crippen LogP contribution is -2.30. The van der Waals surface area contributed by atoms with Gasteiger partial charge in [-0.25, -0.2) is 9.13 Å². The van der Waals surface area contributed by atoms with Crippen molar-refractivity contribution in [2.45, 2.75) is 471 Å². The molecule has 3 unspecified atom stereocenters. The number of rotatable bonds is 84. The summed E-state index contributed by atoms with van der Waals surface area (Å²) in [5.41, 5.74) is 0. The first-order valence-electron chi connectivity index (χ1n) is 44.4.